The molecule has 0 radical (unpaired) electrons. The van der Waals surface area contributed by atoms with Crippen LogP contribution in [0.2, 0.25) is 0 Å². The highest BCUT2D eigenvalue weighted by atomic mass is 16.2. The number of para-hydroxylation sites is 2. The number of anilines is 1. The van der Waals surface area contributed by atoms with Gasteiger partial charge in [0.15, 0.2) is 0 Å². The zero-order chi connectivity index (χ0) is 17.9. The van der Waals surface area contributed by atoms with Crippen molar-refractivity contribution in [3.8, 4) is 0 Å². The number of nitrogens with zero attached hydrogens (tertiary/aromatic N) is 1. The second-order valence-electron chi connectivity index (χ2n) is 6.74. The van der Waals surface area contributed by atoms with Gasteiger partial charge in [0.25, 0.3) is 5.91 Å². The van der Waals surface area contributed by atoms with E-state index >= 15 is 0 Å². The van der Waals surface area contributed by atoms with Crippen molar-refractivity contribution in [2.45, 2.75) is 6.42 Å². The Morgan fingerprint density at radius 2 is 1.88 bits per heavy atom. The molecular weight excluding hydrogens is 326 g/mol. The van der Waals surface area contributed by atoms with E-state index in [1.165, 1.54) is 11.8 Å². The summed E-state index contributed by atoms with van der Waals surface area (Å²) in [6, 6.07) is 19.1. The highest BCUT2D eigenvalue weighted by Gasteiger charge is 2.23. The first kappa shape index (κ1) is 16.4. The molecule has 5 nitrogen and oxygen atoms in total. The third kappa shape index (κ3) is 3.33. The van der Waals surface area contributed by atoms with Gasteiger partial charge in [-0.2, -0.15) is 0 Å². The largest absolute Gasteiger partial charge is 0.371 e. The second-order valence-corrected chi connectivity index (χ2v) is 6.74. The summed E-state index contributed by atoms with van der Waals surface area (Å²) in [7, 11) is 0. The first-order chi connectivity index (χ1) is 12.7. The molecular formula is C21H21N3O2. The van der Waals surface area contributed by atoms with E-state index in [9.17, 15) is 9.59 Å². The number of rotatable bonds is 4. The average molecular weight is 347 g/mol. The highest BCUT2D eigenvalue weighted by molar-refractivity contribution is 6.05. The maximum absolute atomic E-state index is 12.6. The number of amides is 1. The number of hydrogen-bond donors (Lipinski definition) is 2. The molecule has 1 unspecified atom stereocenters. The van der Waals surface area contributed by atoms with Gasteiger partial charge in [0.05, 0.1) is 5.56 Å². The highest BCUT2D eigenvalue weighted by Crippen LogP contribution is 2.23. The Bertz CT molecular complexity index is 981. The Labute approximate surface area is 151 Å². The molecule has 4 rings (SSSR count). The number of hydrogen-bond acceptors (Lipinski definition) is 3. The van der Waals surface area contributed by atoms with Crippen molar-refractivity contribution in [3.63, 3.8) is 0 Å². The number of pyridine rings is 1. The van der Waals surface area contributed by atoms with Gasteiger partial charge in [-0.3, -0.25) is 9.59 Å². The Morgan fingerprint density at radius 1 is 1.12 bits per heavy atom. The van der Waals surface area contributed by atoms with E-state index in [4.69, 9.17) is 0 Å². The smallest absolute Gasteiger partial charge is 0.252 e. The van der Waals surface area contributed by atoms with E-state index in [-0.39, 0.29) is 11.5 Å². The van der Waals surface area contributed by atoms with Crippen molar-refractivity contribution >= 4 is 22.5 Å². The molecule has 1 fully saturated rings. The Morgan fingerprint density at radius 3 is 2.73 bits per heavy atom. The molecule has 1 saturated heterocycles. The molecule has 3 aromatic rings. The SMILES string of the molecule is O=C(NCC1CCN(c2ccccc2)C1)c1cc(=O)[nH]c2ccccc12. The molecule has 2 N–H and O–H groups in total. The minimum atomic E-state index is -0.259. The lowest BCUT2D eigenvalue weighted by Crippen LogP contribution is -2.31. The molecule has 0 aliphatic carbocycles. The quantitative estimate of drug-likeness (QED) is 0.763. The van der Waals surface area contributed by atoms with Crippen molar-refractivity contribution in [3.05, 3.63) is 76.6 Å². The Balaban J connectivity index is 1.43. The van der Waals surface area contributed by atoms with Gasteiger partial charge in [-0.1, -0.05) is 36.4 Å². The van der Waals surface area contributed by atoms with Gasteiger partial charge in [0.1, 0.15) is 0 Å². The van der Waals surface area contributed by atoms with Crippen LogP contribution < -0.4 is 15.8 Å². The van der Waals surface area contributed by atoms with Gasteiger partial charge >= 0.3 is 0 Å². The first-order valence-electron chi connectivity index (χ1n) is 8.91. The fourth-order valence-corrected chi connectivity index (χ4v) is 3.60. The Hall–Kier alpha value is -3.08. The van der Waals surface area contributed by atoms with Crippen LogP contribution in [-0.2, 0) is 0 Å². The summed E-state index contributed by atoms with van der Waals surface area (Å²) in [5.74, 6) is 0.220. The monoisotopic (exact) mass is 347 g/mol. The number of aromatic nitrogens is 1. The van der Waals surface area contributed by atoms with Crippen LogP contribution in [0.1, 0.15) is 16.8 Å². The summed E-state index contributed by atoms with van der Waals surface area (Å²) >= 11 is 0. The molecule has 0 spiro atoms. The van der Waals surface area contributed by atoms with Crippen molar-refractivity contribution in [2.24, 2.45) is 5.92 Å². The van der Waals surface area contributed by atoms with Crippen LogP contribution in [0.3, 0.4) is 0 Å². The van der Waals surface area contributed by atoms with Crippen LogP contribution in [0.5, 0.6) is 0 Å². The molecule has 1 aromatic heterocycles. The molecule has 1 amide bonds. The molecule has 2 aromatic carbocycles. The van der Waals surface area contributed by atoms with Crippen LogP contribution >= 0.6 is 0 Å². The molecule has 0 bridgehead atoms. The fourth-order valence-electron chi connectivity index (χ4n) is 3.60. The van der Waals surface area contributed by atoms with Gasteiger partial charge in [-0.15, -0.1) is 0 Å². The molecule has 1 aliphatic rings. The summed E-state index contributed by atoms with van der Waals surface area (Å²) in [5, 5.41) is 3.78. The zero-order valence-corrected chi connectivity index (χ0v) is 14.4. The minimum absolute atomic E-state index is 0.189. The third-order valence-corrected chi connectivity index (χ3v) is 4.95. The standard InChI is InChI=1S/C21H21N3O2/c25-20-12-18(17-8-4-5-9-19(17)23-20)21(26)22-13-15-10-11-24(14-15)16-6-2-1-3-7-16/h1-9,12,15H,10-11,13-14H2,(H,22,26)(H,23,25). The van der Waals surface area contributed by atoms with Gasteiger partial charge in [-0.25, -0.2) is 0 Å². The molecule has 1 atom stereocenters. The number of nitrogens with one attached hydrogen (secondary N) is 2. The maximum atomic E-state index is 12.6. The number of benzene rings is 2. The van der Waals surface area contributed by atoms with Gasteiger partial charge < -0.3 is 15.2 Å². The number of H-pyrrole nitrogens is 1. The van der Waals surface area contributed by atoms with Gasteiger partial charge in [0, 0.05) is 42.3 Å². The lowest BCUT2D eigenvalue weighted by atomic mass is 10.1. The predicted octanol–water partition coefficient (Wildman–Crippen LogP) is 2.78. The van der Waals surface area contributed by atoms with Crippen molar-refractivity contribution in [1.82, 2.24) is 10.3 Å². The van der Waals surface area contributed by atoms with Gasteiger partial charge in [-0.05, 0) is 30.5 Å². The zero-order valence-electron chi connectivity index (χ0n) is 14.4. The lowest BCUT2D eigenvalue weighted by molar-refractivity contribution is 0.0949. The number of carbonyl (C=O) groups is 1. The van der Waals surface area contributed by atoms with Crippen molar-refractivity contribution in [1.29, 1.82) is 0 Å². The van der Waals surface area contributed by atoms with E-state index in [0.717, 1.165) is 24.9 Å². The van der Waals surface area contributed by atoms with Crippen molar-refractivity contribution < 1.29 is 4.79 Å². The topological polar surface area (TPSA) is 65.2 Å². The minimum Gasteiger partial charge on any atom is -0.371 e. The first-order valence-corrected chi connectivity index (χ1v) is 8.91. The molecule has 1 aliphatic heterocycles. The summed E-state index contributed by atoms with van der Waals surface area (Å²) in [6.07, 6.45) is 1.05. The molecule has 5 heteroatoms. The summed E-state index contributed by atoms with van der Waals surface area (Å²) in [4.78, 5) is 29.6. The van der Waals surface area contributed by atoms with E-state index < -0.39 is 0 Å². The molecule has 26 heavy (non-hydrogen) atoms. The molecule has 0 saturated carbocycles. The lowest BCUT2D eigenvalue weighted by Gasteiger charge is -2.18. The van der Waals surface area contributed by atoms with E-state index in [1.807, 2.05) is 42.5 Å². The summed E-state index contributed by atoms with van der Waals surface area (Å²) in [5.41, 5.74) is 2.08. The molecule has 2 heterocycles. The number of aromatic amines is 1. The van der Waals surface area contributed by atoms with Crippen LogP contribution in [0.15, 0.2) is 65.5 Å². The second kappa shape index (κ2) is 7.04. The van der Waals surface area contributed by atoms with Crippen LogP contribution in [-0.4, -0.2) is 30.5 Å². The summed E-state index contributed by atoms with van der Waals surface area (Å²) < 4.78 is 0. The van der Waals surface area contributed by atoms with E-state index in [1.54, 1.807) is 0 Å². The van der Waals surface area contributed by atoms with Crippen LogP contribution in [0, 0.1) is 5.92 Å². The van der Waals surface area contributed by atoms with E-state index in [0.29, 0.717) is 23.5 Å². The normalized spacial score (nSPS) is 16.8. The maximum Gasteiger partial charge on any atom is 0.252 e. The fraction of sp³-hybridized carbons (Fsp3) is 0.238. The summed E-state index contributed by atoms with van der Waals surface area (Å²) in [6.45, 7) is 2.54. The molecule has 132 valence electrons. The third-order valence-electron chi connectivity index (χ3n) is 4.95. The van der Waals surface area contributed by atoms with Crippen LogP contribution in [0.4, 0.5) is 5.69 Å². The number of fused-ring (bicyclic) bond motifs is 1. The van der Waals surface area contributed by atoms with E-state index in [2.05, 4.69) is 27.3 Å². The predicted molar refractivity (Wildman–Crippen MR) is 104 cm³/mol. The van der Waals surface area contributed by atoms with Crippen molar-refractivity contribution in [2.75, 3.05) is 24.5 Å². The average Bonchev–Trinajstić information content (AvgIpc) is 3.15. The Kier molecular flexibility index (Phi) is 4.44. The van der Waals surface area contributed by atoms with Crippen LogP contribution in [0.25, 0.3) is 10.9 Å². The van der Waals surface area contributed by atoms with Gasteiger partial charge in [0.2, 0.25) is 5.56 Å². The number of carbonyl (C=O) groups excluding carboxylic acids is 1.